The number of hydrogen-bond donors (Lipinski definition) is 1. The Morgan fingerprint density at radius 2 is 2.36 bits per heavy atom. The molecule has 1 aromatic heterocycles. The Labute approximate surface area is 93.0 Å². The molecule has 4 heteroatoms. The number of methoxy groups -OCH3 is 1. The van der Waals surface area contributed by atoms with Crippen molar-refractivity contribution in [1.82, 2.24) is 4.98 Å². The Balaban J connectivity index is 2.55. The van der Waals surface area contributed by atoms with Crippen LogP contribution in [0.3, 0.4) is 0 Å². The summed E-state index contributed by atoms with van der Waals surface area (Å²) in [5, 5.41) is 3.25. The summed E-state index contributed by atoms with van der Waals surface area (Å²) in [5.74, 6) is 0. The molecule has 1 N–H and O–H groups in total. The number of nitrogens with one attached hydrogen (secondary N) is 1. The molecule has 0 saturated carbocycles. The van der Waals surface area contributed by atoms with Crippen molar-refractivity contribution in [3.8, 4) is 0 Å². The third-order valence-electron chi connectivity index (χ3n) is 2.02. The Kier molecular flexibility index (Phi) is 4.35. The summed E-state index contributed by atoms with van der Waals surface area (Å²) in [5.41, 5.74) is 2.00. The second-order valence-electron chi connectivity index (χ2n) is 3.22. The smallest absolute Gasteiger partial charge is 0.0715 e. The molecule has 0 spiro atoms. The van der Waals surface area contributed by atoms with Gasteiger partial charge in [-0.2, -0.15) is 0 Å². The van der Waals surface area contributed by atoms with Crippen molar-refractivity contribution >= 4 is 21.6 Å². The third kappa shape index (κ3) is 3.27. The number of anilines is 1. The number of ether oxygens (including phenoxy) is 1. The summed E-state index contributed by atoms with van der Waals surface area (Å²) in [4.78, 5) is 4.23. The molecule has 0 aliphatic carbocycles. The molecule has 1 atom stereocenters. The highest BCUT2D eigenvalue weighted by molar-refractivity contribution is 9.10. The highest BCUT2D eigenvalue weighted by Crippen LogP contribution is 2.17. The van der Waals surface area contributed by atoms with Crippen LogP contribution in [0.5, 0.6) is 0 Å². The summed E-state index contributed by atoms with van der Waals surface area (Å²) in [6.45, 7) is 4.77. The van der Waals surface area contributed by atoms with E-state index in [1.54, 1.807) is 7.11 Å². The second kappa shape index (κ2) is 5.32. The van der Waals surface area contributed by atoms with Crippen molar-refractivity contribution in [1.29, 1.82) is 0 Å². The van der Waals surface area contributed by atoms with Gasteiger partial charge in [-0.15, -0.1) is 0 Å². The predicted molar refractivity (Wildman–Crippen MR) is 61.6 cm³/mol. The zero-order chi connectivity index (χ0) is 10.6. The van der Waals surface area contributed by atoms with Gasteiger partial charge in [-0.1, -0.05) is 0 Å². The van der Waals surface area contributed by atoms with E-state index >= 15 is 0 Å². The van der Waals surface area contributed by atoms with E-state index in [0.717, 1.165) is 22.4 Å². The molecular formula is C10H15BrN2O. The van der Waals surface area contributed by atoms with Gasteiger partial charge in [0.15, 0.2) is 0 Å². The van der Waals surface area contributed by atoms with Crippen LogP contribution >= 0.6 is 15.9 Å². The molecule has 1 aromatic rings. The lowest BCUT2D eigenvalue weighted by molar-refractivity contribution is 0.129. The zero-order valence-corrected chi connectivity index (χ0v) is 10.3. The second-order valence-corrected chi connectivity index (χ2v) is 4.07. The summed E-state index contributed by atoms with van der Waals surface area (Å²) in [6.07, 6.45) is 2.03. The van der Waals surface area contributed by atoms with Gasteiger partial charge < -0.3 is 10.1 Å². The Morgan fingerprint density at radius 1 is 1.64 bits per heavy atom. The first kappa shape index (κ1) is 11.5. The first-order chi connectivity index (χ1) is 6.63. The number of hydrogen-bond acceptors (Lipinski definition) is 3. The van der Waals surface area contributed by atoms with E-state index in [9.17, 15) is 0 Å². The quantitative estimate of drug-likeness (QED) is 0.902. The van der Waals surface area contributed by atoms with Crippen LogP contribution in [0.1, 0.15) is 12.6 Å². The maximum absolute atomic E-state index is 5.13. The van der Waals surface area contributed by atoms with Crippen molar-refractivity contribution in [3.63, 3.8) is 0 Å². The number of nitrogens with zero attached hydrogens (tertiary/aromatic N) is 1. The minimum absolute atomic E-state index is 0.204. The minimum atomic E-state index is 0.204. The van der Waals surface area contributed by atoms with Crippen LogP contribution in [0, 0.1) is 6.92 Å². The van der Waals surface area contributed by atoms with Crippen molar-refractivity contribution in [2.45, 2.75) is 20.0 Å². The number of rotatable bonds is 4. The van der Waals surface area contributed by atoms with Gasteiger partial charge in [-0.25, -0.2) is 0 Å². The van der Waals surface area contributed by atoms with Crippen LogP contribution in [0.15, 0.2) is 16.7 Å². The Hall–Kier alpha value is -0.610. The molecule has 0 aliphatic heterocycles. The molecule has 3 nitrogen and oxygen atoms in total. The summed E-state index contributed by atoms with van der Waals surface area (Å²) in [6, 6.07) is 2.02. The first-order valence-electron chi connectivity index (χ1n) is 4.52. The van der Waals surface area contributed by atoms with E-state index in [1.165, 1.54) is 0 Å². The molecule has 78 valence electrons. The number of pyridine rings is 1. The van der Waals surface area contributed by atoms with Crippen LogP contribution in [-0.2, 0) is 4.74 Å². The lowest BCUT2D eigenvalue weighted by atomic mass is 10.3. The molecule has 0 aromatic carbocycles. The normalized spacial score (nSPS) is 12.6. The van der Waals surface area contributed by atoms with E-state index in [2.05, 4.69) is 26.2 Å². The van der Waals surface area contributed by atoms with Crippen LogP contribution < -0.4 is 5.32 Å². The van der Waals surface area contributed by atoms with E-state index < -0.39 is 0 Å². The maximum Gasteiger partial charge on any atom is 0.0715 e. The van der Waals surface area contributed by atoms with Crippen LogP contribution in [-0.4, -0.2) is 24.7 Å². The van der Waals surface area contributed by atoms with Gasteiger partial charge in [-0.05, 0) is 35.8 Å². The molecule has 0 bridgehead atoms. The number of halogens is 1. The standard InChI is InChI=1S/C10H15BrN2O/c1-7(14-3)5-13-9-4-10(11)8(2)12-6-9/h4,6-7,13H,5H2,1-3H3. The highest BCUT2D eigenvalue weighted by Gasteiger charge is 2.01. The summed E-state index contributed by atoms with van der Waals surface area (Å²) in [7, 11) is 1.70. The molecule has 1 heterocycles. The first-order valence-corrected chi connectivity index (χ1v) is 5.31. The van der Waals surface area contributed by atoms with Crippen molar-refractivity contribution in [3.05, 3.63) is 22.4 Å². The highest BCUT2D eigenvalue weighted by atomic mass is 79.9. The molecular weight excluding hydrogens is 244 g/mol. The van der Waals surface area contributed by atoms with Crippen LogP contribution in [0.2, 0.25) is 0 Å². The zero-order valence-electron chi connectivity index (χ0n) is 8.67. The van der Waals surface area contributed by atoms with Crippen molar-refractivity contribution < 1.29 is 4.74 Å². The molecule has 0 saturated heterocycles. The fraction of sp³-hybridized carbons (Fsp3) is 0.500. The van der Waals surface area contributed by atoms with E-state index in [4.69, 9.17) is 4.74 Å². The lowest BCUT2D eigenvalue weighted by Crippen LogP contribution is -2.18. The molecule has 0 aliphatic rings. The molecule has 1 unspecified atom stereocenters. The van der Waals surface area contributed by atoms with Gasteiger partial charge >= 0.3 is 0 Å². The molecule has 1 rings (SSSR count). The van der Waals surface area contributed by atoms with Gasteiger partial charge in [-0.3, -0.25) is 4.98 Å². The topological polar surface area (TPSA) is 34.1 Å². The molecule has 0 fully saturated rings. The van der Waals surface area contributed by atoms with Crippen LogP contribution in [0.4, 0.5) is 5.69 Å². The SMILES string of the molecule is COC(C)CNc1cnc(C)c(Br)c1. The molecule has 0 radical (unpaired) electrons. The number of aromatic nitrogens is 1. The third-order valence-corrected chi connectivity index (χ3v) is 2.82. The average molecular weight is 259 g/mol. The Morgan fingerprint density at radius 3 is 2.93 bits per heavy atom. The maximum atomic E-state index is 5.13. The van der Waals surface area contributed by atoms with Gasteiger partial charge in [0.2, 0.25) is 0 Å². The van der Waals surface area contributed by atoms with Crippen molar-refractivity contribution in [2.24, 2.45) is 0 Å². The van der Waals surface area contributed by atoms with Crippen LogP contribution in [0.25, 0.3) is 0 Å². The van der Waals surface area contributed by atoms with Crippen molar-refractivity contribution in [2.75, 3.05) is 19.0 Å². The van der Waals surface area contributed by atoms with E-state index in [1.807, 2.05) is 26.1 Å². The predicted octanol–water partition coefficient (Wildman–Crippen LogP) is 2.60. The average Bonchev–Trinajstić information content (AvgIpc) is 2.19. The summed E-state index contributed by atoms with van der Waals surface area (Å²) < 4.78 is 6.15. The fourth-order valence-corrected chi connectivity index (χ4v) is 1.30. The van der Waals surface area contributed by atoms with Gasteiger partial charge in [0.05, 0.1) is 23.7 Å². The van der Waals surface area contributed by atoms with Gasteiger partial charge in [0, 0.05) is 18.1 Å². The van der Waals surface area contributed by atoms with Gasteiger partial charge in [0.1, 0.15) is 0 Å². The summed E-state index contributed by atoms with van der Waals surface area (Å²) >= 11 is 3.44. The monoisotopic (exact) mass is 258 g/mol. The molecule has 0 amide bonds. The molecule has 14 heavy (non-hydrogen) atoms. The van der Waals surface area contributed by atoms with Gasteiger partial charge in [0.25, 0.3) is 0 Å². The van der Waals surface area contributed by atoms with E-state index in [0.29, 0.717) is 0 Å². The number of aryl methyl sites for hydroxylation is 1. The fourth-order valence-electron chi connectivity index (χ4n) is 0.948. The Bertz CT molecular complexity index is 304. The lowest BCUT2D eigenvalue weighted by Gasteiger charge is -2.12. The minimum Gasteiger partial charge on any atom is -0.381 e. The van der Waals surface area contributed by atoms with E-state index in [-0.39, 0.29) is 6.10 Å². The largest absolute Gasteiger partial charge is 0.381 e.